The third kappa shape index (κ3) is 5.95. The van der Waals surface area contributed by atoms with E-state index in [9.17, 15) is 10.1 Å². The highest BCUT2D eigenvalue weighted by molar-refractivity contribution is 7.98. The molecule has 0 spiro atoms. The Hall–Kier alpha value is -3.16. The second kappa shape index (κ2) is 10.7. The number of aryl methyl sites for hydroxylation is 1. The summed E-state index contributed by atoms with van der Waals surface area (Å²) in [7, 11) is 0. The predicted molar refractivity (Wildman–Crippen MR) is 108 cm³/mol. The largest absolute Gasteiger partial charge is 0.370 e. The number of nitriles is 1. The number of nitrogens with one attached hydrogen (secondary N) is 3. The molecular formula is C20H21N5OS. The highest BCUT2D eigenvalue weighted by atomic mass is 32.2. The van der Waals surface area contributed by atoms with Crippen LogP contribution in [0.5, 0.6) is 0 Å². The molecule has 0 saturated carbocycles. The zero-order valence-corrected chi connectivity index (χ0v) is 15.9. The van der Waals surface area contributed by atoms with Crippen LogP contribution in [0.1, 0.15) is 21.7 Å². The zero-order chi connectivity index (χ0) is 19.5. The van der Waals surface area contributed by atoms with Crippen molar-refractivity contribution >= 4 is 17.5 Å². The number of hydrogen-bond donors (Lipinski definition) is 3. The van der Waals surface area contributed by atoms with E-state index in [1.54, 1.807) is 42.4 Å². The van der Waals surface area contributed by atoms with Crippen LogP contribution in [0.2, 0.25) is 0 Å². The summed E-state index contributed by atoms with van der Waals surface area (Å²) < 4.78 is 0. The number of benzene rings is 1. The minimum atomic E-state index is -0.343. The van der Waals surface area contributed by atoms with E-state index in [1.807, 2.05) is 19.1 Å². The molecule has 3 N–H and O–H groups in total. The second-order valence-corrected chi connectivity index (χ2v) is 6.67. The molecule has 0 amide bonds. The summed E-state index contributed by atoms with van der Waals surface area (Å²) in [4.78, 5) is 19.9. The van der Waals surface area contributed by atoms with Gasteiger partial charge in [0, 0.05) is 29.3 Å². The van der Waals surface area contributed by atoms with Crippen LogP contribution in [-0.4, -0.2) is 34.6 Å². The molecule has 0 bridgehead atoms. The fraction of sp³-hybridized carbons (Fsp3) is 0.250. The number of imidazole rings is 1. The minimum absolute atomic E-state index is 0.0181. The van der Waals surface area contributed by atoms with Crippen LogP contribution in [0.15, 0.2) is 48.1 Å². The Balaban J connectivity index is 2.00. The van der Waals surface area contributed by atoms with Crippen LogP contribution in [0, 0.1) is 30.6 Å². The number of aromatic amines is 1. The van der Waals surface area contributed by atoms with E-state index in [1.165, 1.54) is 0 Å². The second-order valence-electron chi connectivity index (χ2n) is 5.57. The molecular weight excluding hydrogens is 358 g/mol. The molecule has 0 aliphatic carbocycles. The molecule has 7 heteroatoms. The van der Waals surface area contributed by atoms with Crippen molar-refractivity contribution in [1.29, 1.82) is 5.26 Å². The lowest BCUT2D eigenvalue weighted by molar-refractivity contribution is 0.103. The Morgan fingerprint density at radius 2 is 2.11 bits per heavy atom. The van der Waals surface area contributed by atoms with Crippen molar-refractivity contribution in [1.82, 2.24) is 20.6 Å². The first-order chi connectivity index (χ1) is 13.2. The number of aromatic nitrogens is 2. The van der Waals surface area contributed by atoms with E-state index < -0.39 is 0 Å². The molecule has 0 aliphatic rings. The standard InChI is InChI=1S/C20H21N5OS/c1-3-9-22-20(17(12-21)19(26)16-7-5-4-6-8-16)23-10-11-27-13-18-15(2)24-14-25-18/h1,4-8,14,22-23H,9-11,13H2,2H3,(H,24,25). The number of H-pyrrole nitrogens is 1. The summed E-state index contributed by atoms with van der Waals surface area (Å²) in [6, 6.07) is 10.7. The Labute approximate surface area is 163 Å². The van der Waals surface area contributed by atoms with Crippen molar-refractivity contribution in [3.8, 4) is 18.4 Å². The van der Waals surface area contributed by atoms with Gasteiger partial charge in [0.15, 0.2) is 0 Å². The molecule has 0 atom stereocenters. The molecule has 1 aromatic carbocycles. The van der Waals surface area contributed by atoms with E-state index in [0.717, 1.165) is 22.9 Å². The zero-order valence-electron chi connectivity index (χ0n) is 15.1. The number of hydrogen-bond acceptors (Lipinski definition) is 6. The van der Waals surface area contributed by atoms with E-state index in [4.69, 9.17) is 6.42 Å². The number of Topliss-reactive ketones (excluding diaryl/α,β-unsaturated/α-hetero) is 1. The minimum Gasteiger partial charge on any atom is -0.370 e. The Bertz CT molecular complexity index is 874. The van der Waals surface area contributed by atoms with E-state index >= 15 is 0 Å². The average Bonchev–Trinajstić information content (AvgIpc) is 3.11. The van der Waals surface area contributed by atoms with Crippen molar-refractivity contribution < 1.29 is 4.79 Å². The monoisotopic (exact) mass is 379 g/mol. The maximum atomic E-state index is 12.6. The number of carbonyl (C=O) groups is 1. The highest BCUT2D eigenvalue weighted by Gasteiger charge is 2.17. The fourth-order valence-corrected chi connectivity index (χ4v) is 3.16. The molecule has 27 heavy (non-hydrogen) atoms. The number of allylic oxidation sites excluding steroid dienone is 1. The molecule has 1 heterocycles. The Kier molecular flexibility index (Phi) is 8.02. The first kappa shape index (κ1) is 20.2. The van der Waals surface area contributed by atoms with Gasteiger partial charge in [-0.15, -0.1) is 6.42 Å². The van der Waals surface area contributed by atoms with Crippen LogP contribution in [0.4, 0.5) is 0 Å². The van der Waals surface area contributed by atoms with E-state index in [0.29, 0.717) is 17.9 Å². The Morgan fingerprint density at radius 1 is 1.33 bits per heavy atom. The lowest BCUT2D eigenvalue weighted by Gasteiger charge is -2.14. The number of ketones is 1. The van der Waals surface area contributed by atoms with Crippen LogP contribution >= 0.6 is 11.8 Å². The van der Waals surface area contributed by atoms with Gasteiger partial charge in [-0.25, -0.2) is 4.98 Å². The maximum Gasteiger partial charge on any atom is 0.207 e. The molecule has 0 saturated heterocycles. The number of terminal acetylenes is 1. The number of rotatable bonds is 10. The summed E-state index contributed by atoms with van der Waals surface area (Å²) in [5.41, 5.74) is 2.56. The van der Waals surface area contributed by atoms with Crippen LogP contribution in [-0.2, 0) is 5.75 Å². The molecule has 0 fully saturated rings. The molecule has 0 unspecified atom stereocenters. The van der Waals surface area contributed by atoms with Gasteiger partial charge in [0.05, 0.1) is 18.6 Å². The molecule has 6 nitrogen and oxygen atoms in total. The first-order valence-corrected chi connectivity index (χ1v) is 9.54. The summed E-state index contributed by atoms with van der Waals surface area (Å²) in [6.45, 7) is 2.78. The number of thioether (sulfide) groups is 1. The van der Waals surface area contributed by atoms with Crippen molar-refractivity contribution in [2.24, 2.45) is 0 Å². The predicted octanol–water partition coefficient (Wildman–Crippen LogP) is 2.38. The van der Waals surface area contributed by atoms with Crippen molar-refractivity contribution in [3.63, 3.8) is 0 Å². The van der Waals surface area contributed by atoms with E-state index in [-0.39, 0.29) is 17.9 Å². The van der Waals surface area contributed by atoms with Crippen LogP contribution in [0.25, 0.3) is 0 Å². The lowest BCUT2D eigenvalue weighted by Crippen LogP contribution is -2.31. The molecule has 138 valence electrons. The highest BCUT2D eigenvalue weighted by Crippen LogP contribution is 2.13. The summed E-state index contributed by atoms with van der Waals surface area (Å²) in [5.74, 6) is 4.06. The smallest absolute Gasteiger partial charge is 0.207 e. The van der Waals surface area contributed by atoms with Gasteiger partial charge in [-0.05, 0) is 6.92 Å². The summed E-state index contributed by atoms with van der Waals surface area (Å²) in [6.07, 6.45) is 6.99. The summed E-state index contributed by atoms with van der Waals surface area (Å²) >= 11 is 1.71. The first-order valence-electron chi connectivity index (χ1n) is 8.39. The molecule has 0 aliphatic heterocycles. The number of nitrogens with zero attached hydrogens (tertiary/aromatic N) is 2. The van der Waals surface area contributed by atoms with Crippen LogP contribution in [0.3, 0.4) is 0 Å². The SMILES string of the molecule is C#CCNC(NCCSCc1nc[nH]c1C)=C(C#N)C(=O)c1ccccc1. The van der Waals surface area contributed by atoms with Crippen molar-refractivity contribution in [3.05, 3.63) is 65.0 Å². The third-order valence-electron chi connectivity index (χ3n) is 3.71. The average molecular weight is 379 g/mol. The molecule has 0 radical (unpaired) electrons. The van der Waals surface area contributed by atoms with Gasteiger partial charge in [-0.1, -0.05) is 36.3 Å². The van der Waals surface area contributed by atoms with Gasteiger partial charge in [0.2, 0.25) is 5.78 Å². The van der Waals surface area contributed by atoms with E-state index in [2.05, 4.69) is 26.5 Å². The van der Waals surface area contributed by atoms with Gasteiger partial charge in [0.25, 0.3) is 0 Å². The van der Waals surface area contributed by atoms with Crippen molar-refractivity contribution in [2.45, 2.75) is 12.7 Å². The van der Waals surface area contributed by atoms with Gasteiger partial charge in [-0.3, -0.25) is 4.79 Å². The third-order valence-corrected chi connectivity index (χ3v) is 4.68. The van der Waals surface area contributed by atoms with Crippen molar-refractivity contribution in [2.75, 3.05) is 18.8 Å². The van der Waals surface area contributed by atoms with Gasteiger partial charge >= 0.3 is 0 Å². The normalized spacial score (nSPS) is 11.1. The van der Waals surface area contributed by atoms with Gasteiger partial charge < -0.3 is 15.6 Å². The molecule has 2 rings (SSSR count). The van der Waals surface area contributed by atoms with Gasteiger partial charge in [0.1, 0.15) is 17.5 Å². The molecule has 1 aromatic heterocycles. The fourth-order valence-electron chi connectivity index (χ4n) is 2.28. The number of carbonyl (C=O) groups excluding carboxylic acids is 1. The summed E-state index contributed by atoms with van der Waals surface area (Å²) in [5, 5.41) is 15.6. The quantitative estimate of drug-likeness (QED) is 0.193. The van der Waals surface area contributed by atoms with Gasteiger partial charge in [-0.2, -0.15) is 17.0 Å². The lowest BCUT2D eigenvalue weighted by atomic mass is 10.0. The Morgan fingerprint density at radius 3 is 2.74 bits per heavy atom. The van der Waals surface area contributed by atoms with Crippen LogP contribution < -0.4 is 10.6 Å². The molecule has 2 aromatic rings. The topological polar surface area (TPSA) is 93.6 Å². The maximum absolute atomic E-state index is 12.6.